The Bertz CT molecular complexity index is 326. The molecule has 1 aromatic rings. The number of anilines is 1. The van der Waals surface area contributed by atoms with E-state index in [0.29, 0.717) is 11.3 Å². The second-order valence-corrected chi connectivity index (χ2v) is 3.10. The summed E-state index contributed by atoms with van der Waals surface area (Å²) in [6.07, 6.45) is 0. The van der Waals surface area contributed by atoms with Crippen molar-refractivity contribution in [2.75, 3.05) is 5.73 Å². The molecule has 56 valence electrons. The van der Waals surface area contributed by atoms with Gasteiger partial charge < -0.3 is 5.73 Å². The van der Waals surface area contributed by atoms with Crippen molar-refractivity contribution < 1.29 is 0 Å². The topological polar surface area (TPSA) is 49.8 Å². The number of nitrogens with zero attached hydrogens (tertiary/aromatic N) is 1. The predicted octanol–water partition coefficient (Wildman–Crippen LogP) is 2.21. The van der Waals surface area contributed by atoms with Gasteiger partial charge in [-0.25, -0.2) is 0 Å². The number of halogens is 1. The molecule has 1 rings (SSSR count). The van der Waals surface area contributed by atoms with E-state index in [2.05, 4.69) is 22.0 Å². The summed E-state index contributed by atoms with van der Waals surface area (Å²) >= 11 is 3.30. The molecule has 0 bridgehead atoms. The van der Waals surface area contributed by atoms with Crippen molar-refractivity contribution in [2.45, 2.75) is 6.92 Å². The molecule has 0 aliphatic carbocycles. The first-order chi connectivity index (χ1) is 5.15. The highest BCUT2D eigenvalue weighted by atomic mass is 79.9. The van der Waals surface area contributed by atoms with Crippen LogP contribution in [0, 0.1) is 18.3 Å². The van der Waals surface area contributed by atoms with Gasteiger partial charge in [0.05, 0.1) is 5.56 Å². The Hall–Kier alpha value is -1.01. The van der Waals surface area contributed by atoms with Gasteiger partial charge in [-0.05, 0) is 40.5 Å². The predicted molar refractivity (Wildman–Crippen MR) is 48.0 cm³/mol. The number of hydrogen-bond acceptors (Lipinski definition) is 2. The first kappa shape index (κ1) is 8.09. The fourth-order valence-electron chi connectivity index (χ4n) is 0.879. The van der Waals surface area contributed by atoms with Crippen molar-refractivity contribution in [2.24, 2.45) is 0 Å². The van der Waals surface area contributed by atoms with E-state index in [4.69, 9.17) is 11.0 Å². The van der Waals surface area contributed by atoms with E-state index in [9.17, 15) is 0 Å². The van der Waals surface area contributed by atoms with Crippen molar-refractivity contribution in [1.29, 1.82) is 5.26 Å². The lowest BCUT2D eigenvalue weighted by molar-refractivity contribution is 1.39. The highest BCUT2D eigenvalue weighted by molar-refractivity contribution is 9.10. The van der Waals surface area contributed by atoms with Crippen LogP contribution < -0.4 is 5.73 Å². The molecule has 0 aliphatic heterocycles. The van der Waals surface area contributed by atoms with E-state index < -0.39 is 0 Å². The molecule has 0 aromatic heterocycles. The summed E-state index contributed by atoms with van der Waals surface area (Å²) in [6, 6.07) is 5.52. The van der Waals surface area contributed by atoms with Gasteiger partial charge in [0.2, 0.25) is 0 Å². The Kier molecular flexibility index (Phi) is 2.16. The Balaban J connectivity index is 3.39. The number of nitrogen functional groups attached to an aromatic ring is 1. The van der Waals surface area contributed by atoms with Gasteiger partial charge in [0.15, 0.2) is 0 Å². The van der Waals surface area contributed by atoms with Crippen molar-refractivity contribution in [3.05, 3.63) is 27.7 Å². The molecule has 0 atom stereocenters. The van der Waals surface area contributed by atoms with E-state index in [0.717, 1.165) is 10.0 Å². The third kappa shape index (κ3) is 1.52. The summed E-state index contributed by atoms with van der Waals surface area (Å²) in [6.45, 7) is 1.90. The number of hydrogen-bond donors (Lipinski definition) is 1. The standard InChI is InChI=1S/C8H7BrN2/c1-5-2-7(11)3-6(4-10)8(5)9/h2-3H,11H2,1H3. The molecule has 0 spiro atoms. The molecule has 0 fully saturated rings. The lowest BCUT2D eigenvalue weighted by Crippen LogP contribution is -1.89. The Morgan fingerprint density at radius 1 is 1.55 bits per heavy atom. The summed E-state index contributed by atoms with van der Waals surface area (Å²) < 4.78 is 0.828. The van der Waals surface area contributed by atoms with Crippen molar-refractivity contribution in [1.82, 2.24) is 0 Å². The third-order valence-corrected chi connectivity index (χ3v) is 2.45. The minimum Gasteiger partial charge on any atom is -0.399 e. The van der Waals surface area contributed by atoms with Crippen LogP contribution in [0.15, 0.2) is 16.6 Å². The van der Waals surface area contributed by atoms with E-state index in [1.807, 2.05) is 13.0 Å². The van der Waals surface area contributed by atoms with Crippen molar-refractivity contribution in [3.8, 4) is 6.07 Å². The highest BCUT2D eigenvalue weighted by Crippen LogP contribution is 2.23. The van der Waals surface area contributed by atoms with Crippen LogP contribution in [-0.2, 0) is 0 Å². The molecule has 0 saturated carbocycles. The van der Waals surface area contributed by atoms with E-state index in [1.54, 1.807) is 6.07 Å². The molecule has 3 heteroatoms. The zero-order valence-electron chi connectivity index (χ0n) is 6.06. The zero-order chi connectivity index (χ0) is 8.43. The smallest absolute Gasteiger partial charge is 0.100 e. The van der Waals surface area contributed by atoms with Gasteiger partial charge in [0, 0.05) is 10.2 Å². The van der Waals surface area contributed by atoms with Gasteiger partial charge in [0.1, 0.15) is 6.07 Å². The maximum absolute atomic E-state index is 8.63. The third-order valence-electron chi connectivity index (χ3n) is 1.40. The van der Waals surface area contributed by atoms with Crippen LogP contribution in [0.5, 0.6) is 0 Å². The van der Waals surface area contributed by atoms with Crippen LogP contribution in [0.1, 0.15) is 11.1 Å². The summed E-state index contributed by atoms with van der Waals surface area (Å²) in [4.78, 5) is 0. The number of nitrogens with two attached hydrogens (primary N) is 1. The zero-order valence-corrected chi connectivity index (χ0v) is 7.64. The second-order valence-electron chi connectivity index (χ2n) is 2.31. The van der Waals surface area contributed by atoms with Crippen LogP contribution in [-0.4, -0.2) is 0 Å². The van der Waals surface area contributed by atoms with E-state index in [1.165, 1.54) is 0 Å². The van der Waals surface area contributed by atoms with Crippen LogP contribution in [0.4, 0.5) is 5.69 Å². The summed E-state index contributed by atoms with van der Waals surface area (Å²) in [5, 5.41) is 8.63. The molecule has 0 amide bonds. The highest BCUT2D eigenvalue weighted by Gasteiger charge is 2.02. The molecule has 0 heterocycles. The number of aryl methyl sites for hydroxylation is 1. The van der Waals surface area contributed by atoms with Gasteiger partial charge in [-0.2, -0.15) is 5.26 Å². The lowest BCUT2D eigenvalue weighted by Gasteiger charge is -2.01. The number of rotatable bonds is 0. The maximum atomic E-state index is 8.63. The average Bonchev–Trinajstić information content (AvgIpc) is 1.96. The molecule has 0 radical (unpaired) electrons. The molecule has 0 saturated heterocycles. The molecule has 0 unspecified atom stereocenters. The van der Waals surface area contributed by atoms with Crippen LogP contribution in [0.2, 0.25) is 0 Å². The van der Waals surface area contributed by atoms with E-state index >= 15 is 0 Å². The van der Waals surface area contributed by atoms with Crippen molar-refractivity contribution >= 4 is 21.6 Å². The largest absolute Gasteiger partial charge is 0.399 e. The molecule has 0 aliphatic rings. The molecule has 1 aromatic carbocycles. The minimum absolute atomic E-state index is 0.586. The molecular weight excluding hydrogens is 204 g/mol. The summed E-state index contributed by atoms with van der Waals surface area (Å²) in [7, 11) is 0. The van der Waals surface area contributed by atoms with Crippen LogP contribution in [0.25, 0.3) is 0 Å². The monoisotopic (exact) mass is 210 g/mol. The van der Waals surface area contributed by atoms with Crippen molar-refractivity contribution in [3.63, 3.8) is 0 Å². The van der Waals surface area contributed by atoms with Gasteiger partial charge in [-0.15, -0.1) is 0 Å². The van der Waals surface area contributed by atoms with Gasteiger partial charge in [0.25, 0.3) is 0 Å². The molecule has 2 nitrogen and oxygen atoms in total. The molecule has 11 heavy (non-hydrogen) atoms. The fourth-order valence-corrected chi connectivity index (χ4v) is 1.20. The molecular formula is C8H7BrN2. The van der Waals surface area contributed by atoms with Crippen LogP contribution >= 0.6 is 15.9 Å². The second kappa shape index (κ2) is 2.93. The normalized spacial score (nSPS) is 9.18. The Labute approximate surface area is 73.8 Å². The first-order valence-corrected chi connectivity index (χ1v) is 3.90. The summed E-state index contributed by atoms with van der Waals surface area (Å²) in [5.41, 5.74) is 7.73. The SMILES string of the molecule is Cc1cc(N)cc(C#N)c1Br. The average molecular weight is 211 g/mol. The Morgan fingerprint density at radius 3 is 2.73 bits per heavy atom. The van der Waals surface area contributed by atoms with Gasteiger partial charge in [-0.1, -0.05) is 0 Å². The first-order valence-electron chi connectivity index (χ1n) is 3.11. The van der Waals surface area contributed by atoms with Crippen LogP contribution in [0.3, 0.4) is 0 Å². The van der Waals surface area contributed by atoms with Gasteiger partial charge in [-0.3, -0.25) is 0 Å². The number of benzene rings is 1. The molecule has 2 N–H and O–H groups in total. The summed E-state index contributed by atoms with van der Waals surface area (Å²) in [5.74, 6) is 0. The number of nitriles is 1. The quantitative estimate of drug-likeness (QED) is 0.668. The van der Waals surface area contributed by atoms with E-state index in [-0.39, 0.29) is 0 Å². The van der Waals surface area contributed by atoms with Gasteiger partial charge >= 0.3 is 0 Å². The maximum Gasteiger partial charge on any atom is 0.100 e. The Morgan fingerprint density at radius 2 is 2.18 bits per heavy atom. The lowest BCUT2D eigenvalue weighted by atomic mass is 10.1. The fraction of sp³-hybridized carbons (Fsp3) is 0.125. The minimum atomic E-state index is 0.586.